The number of fused-ring (bicyclic) bond motifs is 1. The van der Waals surface area contributed by atoms with Crippen LogP contribution in [0.15, 0.2) is 30.5 Å². The van der Waals surface area contributed by atoms with Crippen molar-refractivity contribution in [2.45, 2.75) is 78.6 Å². The number of ether oxygens (including phenoxy) is 1. The third-order valence-corrected chi connectivity index (χ3v) is 7.11. The molecule has 0 bridgehead atoms. The van der Waals surface area contributed by atoms with Gasteiger partial charge in [0.15, 0.2) is 0 Å². The number of hydrogen-bond donors (Lipinski definition) is 5. The zero-order valence-corrected chi connectivity index (χ0v) is 24.4. The topological polar surface area (TPSA) is 170 Å². The second-order valence-corrected chi connectivity index (χ2v) is 11.6. The van der Waals surface area contributed by atoms with E-state index >= 15 is 0 Å². The monoisotopic (exact) mass is 571 g/mol. The Kier molecular flexibility index (Phi) is 10.3. The van der Waals surface area contributed by atoms with E-state index < -0.39 is 53.3 Å². The number of aromatic nitrogens is 1. The minimum Gasteiger partial charge on any atom is -0.480 e. The highest BCUT2D eigenvalue weighted by Gasteiger charge is 2.36. The smallest absolute Gasteiger partial charge is 0.322 e. The van der Waals surface area contributed by atoms with Crippen molar-refractivity contribution >= 4 is 34.5 Å². The number of benzene rings is 1. The number of rotatable bonds is 11. The van der Waals surface area contributed by atoms with Crippen molar-refractivity contribution in [3.63, 3.8) is 0 Å². The molecule has 5 N–H and O–H groups in total. The molecular weight excluding hydrogens is 530 g/mol. The summed E-state index contributed by atoms with van der Waals surface area (Å²) in [5.74, 6) is -2.41. The maximum atomic E-state index is 13.2. The van der Waals surface area contributed by atoms with E-state index in [9.17, 15) is 29.4 Å². The molecule has 0 spiro atoms. The van der Waals surface area contributed by atoms with Crippen molar-refractivity contribution in [3.8, 4) is 5.88 Å². The number of carbonyl (C=O) groups excluding carboxylic acids is 3. The highest BCUT2D eigenvalue weighted by molar-refractivity contribution is 5.93. The largest absolute Gasteiger partial charge is 0.480 e. The van der Waals surface area contributed by atoms with Gasteiger partial charge in [-0.15, -0.1) is 0 Å². The van der Waals surface area contributed by atoms with Gasteiger partial charge in [0.2, 0.25) is 17.7 Å². The van der Waals surface area contributed by atoms with E-state index in [0.29, 0.717) is 25.3 Å². The van der Waals surface area contributed by atoms with Gasteiger partial charge in [-0.05, 0) is 63.5 Å². The molecule has 1 aliphatic rings. The molecule has 0 aliphatic carbocycles. The molecule has 3 amide bonds. The van der Waals surface area contributed by atoms with Crippen LogP contribution in [0.4, 0.5) is 0 Å². The van der Waals surface area contributed by atoms with Gasteiger partial charge < -0.3 is 25.6 Å². The van der Waals surface area contributed by atoms with Crippen molar-refractivity contribution in [3.05, 3.63) is 36.0 Å². The number of pyridine rings is 1. The Hall–Kier alpha value is -3.77. The van der Waals surface area contributed by atoms with Gasteiger partial charge in [-0.2, -0.15) is 0 Å². The molecule has 1 aromatic carbocycles. The fourth-order valence-electron chi connectivity index (χ4n) is 4.39. The maximum absolute atomic E-state index is 13.2. The predicted molar refractivity (Wildman–Crippen MR) is 152 cm³/mol. The summed E-state index contributed by atoms with van der Waals surface area (Å²) in [6.45, 7) is 10.5. The molecule has 3 rings (SSSR count). The molecule has 12 nitrogen and oxygen atoms in total. The summed E-state index contributed by atoms with van der Waals surface area (Å²) >= 11 is 0. The van der Waals surface area contributed by atoms with Crippen molar-refractivity contribution < 1.29 is 34.1 Å². The highest BCUT2D eigenvalue weighted by Crippen LogP contribution is 2.24. The first-order valence-corrected chi connectivity index (χ1v) is 13.8. The van der Waals surface area contributed by atoms with Gasteiger partial charge in [-0.25, -0.2) is 10.4 Å². The van der Waals surface area contributed by atoms with Crippen LogP contribution in [0.2, 0.25) is 0 Å². The summed E-state index contributed by atoms with van der Waals surface area (Å²) in [6, 6.07) is 4.58. The molecule has 0 unspecified atom stereocenters. The Morgan fingerprint density at radius 1 is 1.12 bits per heavy atom. The quantitative estimate of drug-likeness (QED) is 0.270. The molecule has 1 fully saturated rings. The van der Waals surface area contributed by atoms with Gasteiger partial charge in [-0.1, -0.05) is 26.0 Å². The Labute approximate surface area is 239 Å². The Balaban J connectivity index is 1.60. The number of aliphatic carboxylic acids is 1. The second-order valence-electron chi connectivity index (χ2n) is 11.6. The number of amides is 3. The van der Waals surface area contributed by atoms with Gasteiger partial charge in [-0.3, -0.25) is 24.2 Å². The highest BCUT2D eigenvalue weighted by atomic mass is 16.5. The number of nitrogens with one attached hydrogen (secondary N) is 3. The van der Waals surface area contributed by atoms with Crippen LogP contribution in [0, 0.1) is 11.3 Å². The summed E-state index contributed by atoms with van der Waals surface area (Å²) in [5.41, 5.74) is 2.42. The molecule has 2 heterocycles. The predicted octanol–water partition coefficient (Wildman–Crippen LogP) is 1.92. The van der Waals surface area contributed by atoms with E-state index in [1.165, 1.54) is 11.9 Å². The molecular formula is C29H41N5O7. The van der Waals surface area contributed by atoms with Crippen molar-refractivity contribution in [2.75, 3.05) is 13.2 Å². The van der Waals surface area contributed by atoms with E-state index in [1.807, 2.05) is 18.2 Å². The minimum atomic E-state index is -1.05. The maximum Gasteiger partial charge on any atom is 0.322 e. The van der Waals surface area contributed by atoms with Crippen LogP contribution >= 0.6 is 0 Å². The molecule has 224 valence electrons. The van der Waals surface area contributed by atoms with Crippen LogP contribution in [0.25, 0.3) is 10.8 Å². The Morgan fingerprint density at radius 2 is 1.83 bits per heavy atom. The van der Waals surface area contributed by atoms with Crippen molar-refractivity contribution in [2.24, 2.45) is 11.3 Å². The first kappa shape index (κ1) is 31.8. The number of carbonyl (C=O) groups is 4. The van der Waals surface area contributed by atoms with Gasteiger partial charge in [0.25, 0.3) is 5.91 Å². The molecule has 12 heteroatoms. The van der Waals surface area contributed by atoms with Crippen molar-refractivity contribution in [1.82, 2.24) is 26.1 Å². The molecule has 1 aromatic heterocycles. The molecule has 4 atom stereocenters. The number of carboxylic acid groups (broad SMARTS) is 1. The van der Waals surface area contributed by atoms with Crippen LogP contribution < -0.4 is 20.8 Å². The summed E-state index contributed by atoms with van der Waals surface area (Å²) in [4.78, 5) is 54.8. The zero-order valence-electron chi connectivity index (χ0n) is 24.4. The normalized spacial score (nSPS) is 18.0. The van der Waals surface area contributed by atoms with Gasteiger partial charge in [0, 0.05) is 24.2 Å². The average Bonchev–Trinajstić information content (AvgIpc) is 2.93. The summed E-state index contributed by atoms with van der Waals surface area (Å²) < 4.78 is 5.86. The first-order chi connectivity index (χ1) is 19.2. The number of nitrogens with zero attached hydrogens (tertiary/aromatic N) is 2. The minimum absolute atomic E-state index is 0.0138. The van der Waals surface area contributed by atoms with Crippen LogP contribution in [0.1, 0.15) is 66.1 Å². The van der Waals surface area contributed by atoms with Gasteiger partial charge in [0.05, 0.1) is 11.5 Å². The van der Waals surface area contributed by atoms with Crippen LogP contribution in [0.5, 0.6) is 5.88 Å². The molecule has 0 saturated carbocycles. The van der Waals surface area contributed by atoms with E-state index in [1.54, 1.807) is 46.9 Å². The third kappa shape index (κ3) is 8.14. The third-order valence-electron chi connectivity index (χ3n) is 7.11. The number of hydrazine groups is 1. The van der Waals surface area contributed by atoms with Crippen LogP contribution in [-0.2, 0) is 19.2 Å². The van der Waals surface area contributed by atoms with E-state index in [0.717, 1.165) is 16.3 Å². The number of carboxylic acids is 1. The standard InChI is InChI=1S/C29H41N5O7/c1-16(2)24(25(36)31-17(3)26(37)34-11-7-8-22(33-34)27(38)39)32-28(40)29(5,6)15-41-23-13-21-12-19(18(4)35)9-10-20(21)14-30-23/h9-10,12-14,16-18,22,24,33,35H,7-8,11,15H2,1-6H3,(H,31,36)(H,32,40)(H,38,39)/t17-,18+,22-,24-/m0/s1. The lowest BCUT2D eigenvalue weighted by Gasteiger charge is -2.34. The molecule has 1 saturated heterocycles. The number of aliphatic hydroxyl groups is 1. The number of aliphatic hydroxyl groups excluding tert-OH is 1. The lowest BCUT2D eigenvalue weighted by atomic mass is 9.92. The Morgan fingerprint density at radius 3 is 2.46 bits per heavy atom. The Bertz CT molecular complexity index is 1280. The molecule has 41 heavy (non-hydrogen) atoms. The first-order valence-electron chi connectivity index (χ1n) is 13.8. The summed E-state index contributed by atoms with van der Waals surface area (Å²) in [6.07, 6.45) is 1.97. The van der Waals surface area contributed by atoms with Crippen LogP contribution in [0.3, 0.4) is 0 Å². The fourth-order valence-corrected chi connectivity index (χ4v) is 4.39. The van der Waals surface area contributed by atoms with E-state index in [4.69, 9.17) is 4.74 Å². The summed E-state index contributed by atoms with van der Waals surface area (Å²) in [5, 5.41) is 27.5. The van der Waals surface area contributed by atoms with E-state index in [-0.39, 0.29) is 12.5 Å². The van der Waals surface area contributed by atoms with Crippen molar-refractivity contribution in [1.29, 1.82) is 0 Å². The van der Waals surface area contributed by atoms with E-state index in [2.05, 4.69) is 21.0 Å². The number of hydrogen-bond acceptors (Lipinski definition) is 8. The van der Waals surface area contributed by atoms with Crippen LogP contribution in [-0.4, -0.2) is 75.2 Å². The lowest BCUT2D eigenvalue weighted by Crippen LogP contribution is -2.61. The lowest BCUT2D eigenvalue weighted by molar-refractivity contribution is -0.148. The SMILES string of the molecule is CC(C)[C@H](NC(=O)C(C)(C)COc1cc2cc([C@@H](C)O)ccc2cn1)C(=O)N[C@@H](C)C(=O)N1CCC[C@@H](C(=O)O)N1. The molecule has 1 aliphatic heterocycles. The van der Waals surface area contributed by atoms with Gasteiger partial charge >= 0.3 is 5.97 Å². The average molecular weight is 572 g/mol. The fraction of sp³-hybridized carbons (Fsp3) is 0.552. The second kappa shape index (κ2) is 13.3. The summed E-state index contributed by atoms with van der Waals surface area (Å²) in [7, 11) is 0. The molecule has 0 radical (unpaired) electrons. The zero-order chi connectivity index (χ0) is 30.5. The van der Waals surface area contributed by atoms with Gasteiger partial charge in [0.1, 0.15) is 24.7 Å². The molecule has 2 aromatic rings.